The van der Waals surface area contributed by atoms with Crippen molar-refractivity contribution >= 4 is 11.8 Å². The average Bonchev–Trinajstić information content (AvgIpc) is 2.46. The highest BCUT2D eigenvalue weighted by atomic mass is 16.6. The van der Waals surface area contributed by atoms with Crippen molar-refractivity contribution in [2.75, 3.05) is 0 Å². The van der Waals surface area contributed by atoms with E-state index in [1.165, 1.54) is 5.57 Å². The van der Waals surface area contributed by atoms with Gasteiger partial charge in [-0.15, -0.1) is 0 Å². The molecule has 0 aromatic carbocycles. The van der Waals surface area contributed by atoms with Crippen molar-refractivity contribution in [1.29, 1.82) is 0 Å². The molecule has 4 aliphatic rings. The summed E-state index contributed by atoms with van der Waals surface area (Å²) >= 11 is 0. The lowest BCUT2D eigenvalue weighted by molar-refractivity contribution is -0.192. The minimum Gasteiger partial charge on any atom is -0.459 e. The van der Waals surface area contributed by atoms with Gasteiger partial charge in [-0.1, -0.05) is 18.6 Å². The Morgan fingerprint density at radius 3 is 2.73 bits per heavy atom. The highest BCUT2D eigenvalue weighted by molar-refractivity contribution is 6.01. The van der Waals surface area contributed by atoms with Crippen LogP contribution in [0.3, 0.4) is 0 Å². The summed E-state index contributed by atoms with van der Waals surface area (Å²) < 4.78 is 5.79. The first-order valence-corrected chi connectivity index (χ1v) is 8.58. The van der Waals surface area contributed by atoms with Crippen LogP contribution in [-0.2, 0) is 14.3 Å². The van der Waals surface area contributed by atoms with Crippen LogP contribution in [0.25, 0.3) is 0 Å². The summed E-state index contributed by atoms with van der Waals surface area (Å²) in [7, 11) is 0. The number of hydrogen-bond donors (Lipinski definition) is 0. The lowest BCUT2D eigenvalue weighted by atomic mass is 9.49. The molecular formula is C19H24O3. The van der Waals surface area contributed by atoms with Crippen LogP contribution in [-0.4, -0.2) is 17.4 Å². The van der Waals surface area contributed by atoms with Crippen molar-refractivity contribution in [3.05, 3.63) is 23.8 Å². The van der Waals surface area contributed by atoms with Gasteiger partial charge in [-0.05, 0) is 63.0 Å². The topological polar surface area (TPSA) is 43.4 Å². The molecule has 0 radical (unpaired) electrons. The third-order valence-corrected chi connectivity index (χ3v) is 6.90. The molecule has 0 unspecified atom stereocenters. The predicted molar refractivity (Wildman–Crippen MR) is 83.0 cm³/mol. The number of carbonyl (C=O) groups excluding carboxylic acids is 2. The maximum Gasteiger partial charge on any atom is 0.306 e. The van der Waals surface area contributed by atoms with Gasteiger partial charge >= 0.3 is 5.97 Å². The molecule has 3 aliphatic carbocycles. The van der Waals surface area contributed by atoms with Gasteiger partial charge in [-0.25, -0.2) is 0 Å². The molecule has 4 rings (SSSR count). The molecule has 1 saturated heterocycles. The van der Waals surface area contributed by atoms with Crippen LogP contribution in [0.2, 0.25) is 0 Å². The Morgan fingerprint density at radius 2 is 1.91 bits per heavy atom. The summed E-state index contributed by atoms with van der Waals surface area (Å²) in [5, 5.41) is 0. The number of hydrogen-bond acceptors (Lipinski definition) is 3. The van der Waals surface area contributed by atoms with E-state index in [0.717, 1.165) is 32.1 Å². The zero-order chi connectivity index (χ0) is 15.5. The second kappa shape index (κ2) is 4.56. The maximum atomic E-state index is 11.7. The first-order valence-electron chi connectivity index (χ1n) is 8.58. The van der Waals surface area contributed by atoms with Crippen molar-refractivity contribution in [2.45, 2.75) is 58.0 Å². The minimum absolute atomic E-state index is 0.0250. The number of carbonyl (C=O) groups is 2. The van der Waals surface area contributed by atoms with E-state index in [1.807, 2.05) is 6.08 Å². The standard InChI is InChI=1S/C19H24O3/c1-18-9-7-13(20)11-12(18)3-4-14-15(18)8-10-19(2)16(14)5-6-17(21)22-19/h7,9,11,14-16H,3-6,8,10H2,1-2H3/t14-,15-,16-,18+,19+/m1/s1. The third kappa shape index (κ3) is 1.87. The Labute approximate surface area is 131 Å². The van der Waals surface area contributed by atoms with E-state index in [2.05, 4.69) is 19.9 Å². The molecule has 0 aromatic heterocycles. The van der Waals surface area contributed by atoms with E-state index < -0.39 is 0 Å². The van der Waals surface area contributed by atoms with Gasteiger partial charge in [0.25, 0.3) is 0 Å². The van der Waals surface area contributed by atoms with Gasteiger partial charge in [0.1, 0.15) is 5.60 Å². The number of ketones is 1. The summed E-state index contributed by atoms with van der Waals surface area (Å²) in [5.41, 5.74) is 1.08. The zero-order valence-electron chi connectivity index (χ0n) is 13.4. The molecule has 1 aliphatic heterocycles. The third-order valence-electron chi connectivity index (χ3n) is 6.90. The highest BCUT2D eigenvalue weighted by Crippen LogP contribution is 2.60. The summed E-state index contributed by atoms with van der Waals surface area (Å²) in [6.45, 7) is 4.44. The van der Waals surface area contributed by atoms with Gasteiger partial charge < -0.3 is 4.74 Å². The van der Waals surface area contributed by atoms with Crippen LogP contribution in [0.5, 0.6) is 0 Å². The van der Waals surface area contributed by atoms with Gasteiger partial charge in [0.05, 0.1) is 0 Å². The van der Waals surface area contributed by atoms with Gasteiger partial charge in [-0.2, -0.15) is 0 Å². The van der Waals surface area contributed by atoms with Gasteiger partial charge in [0.2, 0.25) is 0 Å². The van der Waals surface area contributed by atoms with E-state index in [1.54, 1.807) is 6.08 Å². The van der Waals surface area contributed by atoms with Crippen LogP contribution in [0.15, 0.2) is 23.8 Å². The first-order chi connectivity index (χ1) is 10.4. The normalized spacial score (nSPS) is 47.0. The molecule has 118 valence electrons. The second-order valence-electron chi connectivity index (χ2n) is 7.97. The molecule has 5 atom stereocenters. The van der Waals surface area contributed by atoms with Gasteiger partial charge in [0.15, 0.2) is 5.78 Å². The molecule has 0 bridgehead atoms. The number of esters is 1. The van der Waals surface area contributed by atoms with E-state index >= 15 is 0 Å². The molecule has 3 fully saturated rings. The molecule has 0 spiro atoms. The van der Waals surface area contributed by atoms with E-state index in [-0.39, 0.29) is 22.8 Å². The Morgan fingerprint density at radius 1 is 1.09 bits per heavy atom. The largest absolute Gasteiger partial charge is 0.459 e. The Kier molecular flexibility index (Phi) is 2.95. The van der Waals surface area contributed by atoms with E-state index in [0.29, 0.717) is 24.2 Å². The quantitative estimate of drug-likeness (QED) is 0.642. The van der Waals surface area contributed by atoms with E-state index in [4.69, 9.17) is 4.74 Å². The number of allylic oxidation sites excluding steroid dienone is 4. The SMILES string of the molecule is C[C@]12C=CC(=O)C=C1CC[C@@H]1[C@H]2CC[C@]2(C)OC(=O)CC[C@H]12. The van der Waals surface area contributed by atoms with Crippen LogP contribution in [0.4, 0.5) is 0 Å². The summed E-state index contributed by atoms with van der Waals surface area (Å²) in [6, 6.07) is 0. The predicted octanol–water partition coefficient (Wildman–Crippen LogP) is 3.59. The maximum absolute atomic E-state index is 11.7. The molecule has 22 heavy (non-hydrogen) atoms. The molecule has 0 amide bonds. The summed E-state index contributed by atoms with van der Waals surface area (Å²) in [6.07, 6.45) is 11.5. The molecule has 3 heteroatoms. The Bertz CT molecular complexity index is 602. The van der Waals surface area contributed by atoms with Crippen molar-refractivity contribution in [1.82, 2.24) is 0 Å². The molecular weight excluding hydrogens is 276 g/mol. The summed E-state index contributed by atoms with van der Waals surface area (Å²) in [4.78, 5) is 23.4. The first kappa shape index (κ1) is 14.2. The average molecular weight is 300 g/mol. The van der Waals surface area contributed by atoms with Crippen LogP contribution >= 0.6 is 0 Å². The number of fused-ring (bicyclic) bond motifs is 5. The zero-order valence-corrected chi connectivity index (χ0v) is 13.4. The monoisotopic (exact) mass is 300 g/mol. The fourth-order valence-electron chi connectivity index (χ4n) is 5.72. The van der Waals surface area contributed by atoms with Crippen molar-refractivity contribution < 1.29 is 14.3 Å². The van der Waals surface area contributed by atoms with Crippen LogP contribution in [0.1, 0.15) is 52.4 Å². The fourth-order valence-corrected chi connectivity index (χ4v) is 5.72. The Balaban J connectivity index is 1.68. The number of rotatable bonds is 0. The molecule has 1 heterocycles. The molecule has 3 nitrogen and oxygen atoms in total. The van der Waals surface area contributed by atoms with Crippen molar-refractivity contribution in [3.63, 3.8) is 0 Å². The smallest absolute Gasteiger partial charge is 0.306 e. The molecule has 0 aromatic rings. The van der Waals surface area contributed by atoms with Crippen molar-refractivity contribution in [3.8, 4) is 0 Å². The fraction of sp³-hybridized carbons (Fsp3) is 0.684. The minimum atomic E-state index is -0.262. The van der Waals surface area contributed by atoms with Crippen molar-refractivity contribution in [2.24, 2.45) is 23.2 Å². The van der Waals surface area contributed by atoms with Crippen LogP contribution in [0, 0.1) is 23.2 Å². The van der Waals surface area contributed by atoms with Gasteiger partial charge in [-0.3, -0.25) is 9.59 Å². The highest BCUT2D eigenvalue weighted by Gasteiger charge is 2.56. The van der Waals surface area contributed by atoms with Crippen LogP contribution < -0.4 is 0 Å². The van der Waals surface area contributed by atoms with Gasteiger partial charge in [0, 0.05) is 17.8 Å². The molecule has 0 N–H and O–H groups in total. The van der Waals surface area contributed by atoms with E-state index in [9.17, 15) is 9.59 Å². The second-order valence-corrected chi connectivity index (χ2v) is 7.97. The summed E-state index contributed by atoms with van der Waals surface area (Å²) in [5.74, 6) is 1.77. The lowest BCUT2D eigenvalue weighted by Crippen LogP contribution is -2.56. The Hall–Kier alpha value is -1.38. The number of ether oxygens (including phenoxy) is 1. The lowest BCUT2D eigenvalue weighted by Gasteiger charge is -2.58. The molecule has 2 saturated carbocycles.